The molecule has 2 saturated carbocycles. The summed E-state index contributed by atoms with van der Waals surface area (Å²) in [6, 6.07) is 9.14. The molecule has 148 valence electrons. The van der Waals surface area contributed by atoms with Gasteiger partial charge in [0.05, 0.1) is 5.56 Å². The Hall–Kier alpha value is -1.46. The number of hydrogen-bond donors (Lipinski definition) is 0. The highest BCUT2D eigenvalue weighted by Crippen LogP contribution is 2.48. The van der Waals surface area contributed by atoms with Crippen LogP contribution in [0.1, 0.15) is 50.4 Å². The molecule has 2 fully saturated rings. The van der Waals surface area contributed by atoms with Crippen LogP contribution in [0.4, 0.5) is 0 Å². The quantitative estimate of drug-likeness (QED) is 0.534. The lowest BCUT2D eigenvalue weighted by molar-refractivity contribution is -0.118. The molecule has 0 spiro atoms. The van der Waals surface area contributed by atoms with Crippen LogP contribution in [0, 0.1) is 17.8 Å². The lowest BCUT2D eigenvalue weighted by Crippen LogP contribution is -2.43. The van der Waals surface area contributed by atoms with Gasteiger partial charge in [0.15, 0.2) is 8.32 Å². The predicted octanol–water partition coefficient (Wildman–Crippen LogP) is 4.85. The third-order valence-electron chi connectivity index (χ3n) is 6.83. The van der Waals surface area contributed by atoms with Crippen LogP contribution >= 0.6 is 0 Å². The molecule has 5 heteroatoms. The van der Waals surface area contributed by atoms with Crippen molar-refractivity contribution in [1.29, 1.82) is 0 Å². The van der Waals surface area contributed by atoms with E-state index in [0.717, 1.165) is 6.42 Å². The van der Waals surface area contributed by atoms with Crippen LogP contribution in [0.25, 0.3) is 0 Å². The lowest BCUT2D eigenvalue weighted by atomic mass is 9.92. The Morgan fingerprint density at radius 2 is 1.81 bits per heavy atom. The summed E-state index contributed by atoms with van der Waals surface area (Å²) in [5.74, 6) is 0.803. The Bertz CT molecular complexity index is 692. The van der Waals surface area contributed by atoms with Crippen molar-refractivity contribution < 1.29 is 18.8 Å². The summed E-state index contributed by atoms with van der Waals surface area (Å²) in [6.07, 6.45) is 1.85. The van der Waals surface area contributed by atoms with Gasteiger partial charge >= 0.3 is 5.97 Å². The molecule has 0 aliphatic heterocycles. The van der Waals surface area contributed by atoms with Crippen molar-refractivity contribution in [2.75, 3.05) is 6.61 Å². The lowest BCUT2D eigenvalue weighted by Gasteiger charge is -2.38. The van der Waals surface area contributed by atoms with Crippen molar-refractivity contribution in [2.24, 2.45) is 17.8 Å². The van der Waals surface area contributed by atoms with Gasteiger partial charge in [-0.3, -0.25) is 4.79 Å². The molecule has 0 N–H and O–H groups in total. The second kappa shape index (κ2) is 7.51. The first-order chi connectivity index (χ1) is 12.6. The van der Waals surface area contributed by atoms with E-state index in [0.29, 0.717) is 36.7 Å². The fourth-order valence-electron chi connectivity index (χ4n) is 4.13. The van der Waals surface area contributed by atoms with Gasteiger partial charge in [-0.25, -0.2) is 4.79 Å². The minimum atomic E-state index is -1.89. The first kappa shape index (κ1) is 20.3. The molecule has 1 aromatic carbocycles. The van der Waals surface area contributed by atoms with Crippen LogP contribution in [-0.4, -0.2) is 32.8 Å². The summed E-state index contributed by atoms with van der Waals surface area (Å²) in [4.78, 5) is 24.5. The van der Waals surface area contributed by atoms with E-state index in [1.165, 1.54) is 0 Å². The topological polar surface area (TPSA) is 52.6 Å². The molecule has 0 unspecified atom stereocenters. The highest BCUT2D eigenvalue weighted by Gasteiger charge is 2.50. The van der Waals surface area contributed by atoms with Crippen molar-refractivity contribution in [1.82, 2.24) is 0 Å². The maximum atomic E-state index is 12.6. The van der Waals surface area contributed by atoms with E-state index in [9.17, 15) is 9.59 Å². The van der Waals surface area contributed by atoms with E-state index in [-0.39, 0.29) is 28.9 Å². The predicted molar refractivity (Wildman–Crippen MR) is 108 cm³/mol. The van der Waals surface area contributed by atoms with Crippen molar-refractivity contribution in [2.45, 2.75) is 64.3 Å². The fourth-order valence-corrected chi connectivity index (χ4v) is 5.17. The number of fused-ring (bicyclic) bond motifs is 1. The minimum absolute atomic E-state index is 0.114. The number of carbonyl (C=O) groups excluding carboxylic acids is 2. The number of esters is 1. The van der Waals surface area contributed by atoms with Crippen LogP contribution in [0.15, 0.2) is 30.3 Å². The van der Waals surface area contributed by atoms with Crippen molar-refractivity contribution in [3.63, 3.8) is 0 Å². The monoisotopic (exact) mass is 388 g/mol. The third-order valence-corrected chi connectivity index (χ3v) is 11.3. The van der Waals surface area contributed by atoms with E-state index < -0.39 is 8.32 Å². The molecular formula is C22H32O4Si. The van der Waals surface area contributed by atoms with Crippen LogP contribution in [-0.2, 0) is 14.0 Å². The van der Waals surface area contributed by atoms with Gasteiger partial charge in [-0.2, -0.15) is 0 Å². The number of ether oxygens (including phenoxy) is 1. The molecule has 27 heavy (non-hydrogen) atoms. The first-order valence-corrected chi connectivity index (χ1v) is 12.9. The minimum Gasteiger partial charge on any atom is -0.458 e. The highest BCUT2D eigenvalue weighted by atomic mass is 28.4. The average molecular weight is 389 g/mol. The molecule has 0 heterocycles. The van der Waals surface area contributed by atoms with E-state index in [2.05, 4.69) is 33.9 Å². The van der Waals surface area contributed by atoms with Gasteiger partial charge in [0.2, 0.25) is 0 Å². The Balaban J connectivity index is 1.72. The van der Waals surface area contributed by atoms with Gasteiger partial charge in [0, 0.05) is 25.4 Å². The molecule has 0 amide bonds. The Labute approximate surface area is 163 Å². The molecule has 1 aromatic rings. The van der Waals surface area contributed by atoms with E-state index in [1.54, 1.807) is 12.1 Å². The molecule has 0 radical (unpaired) electrons. The SMILES string of the molecule is CC(C)(C)[Si](C)(C)OC[C@@H]1[C@H]2CC(=O)C[C@H]2C[C@H]1OC(=O)c1ccccc1. The van der Waals surface area contributed by atoms with E-state index in [1.807, 2.05) is 18.2 Å². The summed E-state index contributed by atoms with van der Waals surface area (Å²) in [5, 5.41) is 0.132. The maximum absolute atomic E-state index is 12.6. The summed E-state index contributed by atoms with van der Waals surface area (Å²) in [7, 11) is -1.89. The van der Waals surface area contributed by atoms with Gasteiger partial charge in [0.1, 0.15) is 11.9 Å². The number of benzene rings is 1. The Morgan fingerprint density at radius 1 is 1.15 bits per heavy atom. The number of Topliss-reactive ketones (excluding diaryl/α,β-unsaturated/α-hetero) is 1. The van der Waals surface area contributed by atoms with Crippen molar-refractivity contribution in [3.05, 3.63) is 35.9 Å². The molecular weight excluding hydrogens is 356 g/mol. The summed E-state index contributed by atoms with van der Waals surface area (Å²) in [6.45, 7) is 11.7. The first-order valence-electron chi connectivity index (χ1n) is 10.00. The number of hydrogen-bond acceptors (Lipinski definition) is 4. The van der Waals surface area contributed by atoms with Gasteiger partial charge in [-0.1, -0.05) is 39.0 Å². The van der Waals surface area contributed by atoms with E-state index in [4.69, 9.17) is 9.16 Å². The molecule has 2 aliphatic carbocycles. The summed E-state index contributed by atoms with van der Waals surface area (Å²) >= 11 is 0. The standard InChI is InChI=1S/C22H32O4Si/c1-22(2,3)27(4,5)25-14-19-18-13-17(23)11-16(18)12-20(19)26-21(24)15-9-7-6-8-10-15/h6-10,16,18-20H,11-14H2,1-5H3/t16-,18-,19+,20+/m0/s1. The Morgan fingerprint density at radius 3 is 2.44 bits per heavy atom. The van der Waals surface area contributed by atoms with Gasteiger partial charge in [0.25, 0.3) is 0 Å². The van der Waals surface area contributed by atoms with Crippen molar-refractivity contribution in [3.8, 4) is 0 Å². The third kappa shape index (κ3) is 4.35. The molecule has 0 aromatic heterocycles. The Kier molecular flexibility index (Phi) is 5.64. The van der Waals surface area contributed by atoms with Crippen LogP contribution < -0.4 is 0 Å². The number of carbonyl (C=O) groups is 2. The maximum Gasteiger partial charge on any atom is 0.338 e. The fraction of sp³-hybridized carbons (Fsp3) is 0.636. The van der Waals surface area contributed by atoms with Gasteiger partial charge in [-0.15, -0.1) is 0 Å². The molecule has 2 aliphatic rings. The molecule has 4 nitrogen and oxygen atoms in total. The molecule has 3 rings (SSSR count). The summed E-state index contributed by atoms with van der Waals surface area (Å²) in [5.41, 5.74) is 0.578. The zero-order chi connectivity index (χ0) is 19.8. The largest absolute Gasteiger partial charge is 0.458 e. The number of rotatable bonds is 5. The second-order valence-corrected chi connectivity index (χ2v) is 14.5. The van der Waals surface area contributed by atoms with Gasteiger partial charge < -0.3 is 9.16 Å². The average Bonchev–Trinajstić information content (AvgIpc) is 3.08. The second-order valence-electron chi connectivity index (χ2n) is 9.65. The molecule has 0 bridgehead atoms. The zero-order valence-corrected chi connectivity index (χ0v) is 18.2. The van der Waals surface area contributed by atoms with E-state index >= 15 is 0 Å². The highest BCUT2D eigenvalue weighted by molar-refractivity contribution is 6.74. The van der Waals surface area contributed by atoms with Crippen LogP contribution in [0.5, 0.6) is 0 Å². The van der Waals surface area contributed by atoms with Crippen LogP contribution in [0.2, 0.25) is 18.1 Å². The molecule has 4 atom stereocenters. The normalized spacial score (nSPS) is 28.3. The van der Waals surface area contributed by atoms with Crippen molar-refractivity contribution >= 4 is 20.1 Å². The van der Waals surface area contributed by atoms with Crippen LogP contribution in [0.3, 0.4) is 0 Å². The molecule has 0 saturated heterocycles. The van der Waals surface area contributed by atoms with Gasteiger partial charge in [-0.05, 0) is 48.5 Å². The smallest absolute Gasteiger partial charge is 0.338 e. The zero-order valence-electron chi connectivity index (χ0n) is 17.2. The number of ketones is 1. The summed E-state index contributed by atoms with van der Waals surface area (Å²) < 4.78 is 12.4.